The molecule has 0 saturated carbocycles. The molecule has 2 rings (SSSR count). The molecule has 0 aliphatic carbocycles. The topological polar surface area (TPSA) is 34.4 Å². The van der Waals surface area contributed by atoms with E-state index in [9.17, 15) is 0 Å². The molecule has 1 aromatic rings. The van der Waals surface area contributed by atoms with Crippen molar-refractivity contribution in [2.24, 2.45) is 10.2 Å². The molecule has 19 heavy (non-hydrogen) atoms. The van der Waals surface area contributed by atoms with Gasteiger partial charge in [-0.05, 0) is 24.3 Å². The lowest BCUT2D eigenvalue weighted by Gasteiger charge is -2.21. The molecule has 0 aromatic heterocycles. The Bertz CT molecular complexity index is 513. The predicted octanol–water partition coefficient (Wildman–Crippen LogP) is 2.98. The highest BCUT2D eigenvalue weighted by Gasteiger charge is 2.06. The summed E-state index contributed by atoms with van der Waals surface area (Å²) in [4.78, 5) is 5.93. The van der Waals surface area contributed by atoms with Gasteiger partial charge in [-0.25, -0.2) is 0 Å². The van der Waals surface area contributed by atoms with Crippen molar-refractivity contribution in [3.63, 3.8) is 0 Å². The lowest BCUT2D eigenvalue weighted by molar-refractivity contribution is 0.471. The summed E-state index contributed by atoms with van der Waals surface area (Å²) in [7, 11) is 7.94. The smallest absolute Gasteiger partial charge is 0.171 e. The van der Waals surface area contributed by atoms with Crippen LogP contribution in [0, 0.1) is 0 Å². The molecule has 1 heterocycles. The minimum Gasteiger partial charge on any atom is -0.378 e. The average molecular weight is 257 g/mol. The number of benzene rings is 1. The standard InChI is InChI=1S/C14H19N5/c1-17(2)13-7-5-12(6-8-13)15-16-14-11-18(3)9-10-19(14)4/h5-11H,1-4H3. The van der Waals surface area contributed by atoms with Crippen molar-refractivity contribution in [3.8, 4) is 0 Å². The first-order chi connectivity index (χ1) is 9.06. The van der Waals surface area contributed by atoms with E-state index in [1.54, 1.807) is 0 Å². The zero-order valence-electron chi connectivity index (χ0n) is 11.8. The fraction of sp³-hybridized carbons (Fsp3) is 0.286. The molecule has 1 aromatic carbocycles. The molecule has 5 nitrogen and oxygen atoms in total. The summed E-state index contributed by atoms with van der Waals surface area (Å²) < 4.78 is 0. The van der Waals surface area contributed by atoms with Crippen molar-refractivity contribution in [3.05, 3.63) is 48.7 Å². The second-order valence-corrected chi connectivity index (χ2v) is 4.67. The van der Waals surface area contributed by atoms with E-state index in [1.807, 2.05) is 80.9 Å². The van der Waals surface area contributed by atoms with Crippen LogP contribution in [0.15, 0.2) is 58.9 Å². The Morgan fingerprint density at radius 1 is 0.947 bits per heavy atom. The lowest BCUT2D eigenvalue weighted by atomic mass is 10.3. The molecule has 5 heteroatoms. The lowest BCUT2D eigenvalue weighted by Crippen LogP contribution is -2.18. The van der Waals surface area contributed by atoms with Gasteiger partial charge in [-0.1, -0.05) is 0 Å². The summed E-state index contributed by atoms with van der Waals surface area (Å²) in [5, 5.41) is 8.52. The highest BCUT2D eigenvalue weighted by atomic mass is 15.3. The van der Waals surface area contributed by atoms with E-state index in [0.717, 1.165) is 17.2 Å². The van der Waals surface area contributed by atoms with E-state index in [1.165, 1.54) is 0 Å². The fourth-order valence-electron chi connectivity index (χ4n) is 1.62. The van der Waals surface area contributed by atoms with Crippen molar-refractivity contribution in [2.75, 3.05) is 33.1 Å². The van der Waals surface area contributed by atoms with E-state index in [2.05, 4.69) is 15.1 Å². The van der Waals surface area contributed by atoms with Gasteiger partial charge in [0.1, 0.15) is 0 Å². The Labute approximate surface area is 114 Å². The van der Waals surface area contributed by atoms with Crippen LogP contribution >= 0.6 is 0 Å². The third-order valence-electron chi connectivity index (χ3n) is 2.84. The van der Waals surface area contributed by atoms with Gasteiger partial charge in [0.25, 0.3) is 0 Å². The number of nitrogens with zero attached hydrogens (tertiary/aromatic N) is 5. The van der Waals surface area contributed by atoms with Gasteiger partial charge in [-0.2, -0.15) is 0 Å². The normalized spacial score (nSPS) is 15.1. The molecule has 1 aliphatic heterocycles. The Morgan fingerprint density at radius 3 is 2.26 bits per heavy atom. The molecule has 0 unspecified atom stereocenters. The first kappa shape index (κ1) is 13.1. The van der Waals surface area contributed by atoms with Crippen LogP contribution in [0.2, 0.25) is 0 Å². The Balaban J connectivity index is 2.10. The zero-order chi connectivity index (χ0) is 13.8. The largest absolute Gasteiger partial charge is 0.378 e. The number of hydrogen-bond donors (Lipinski definition) is 0. The molecule has 0 radical (unpaired) electrons. The van der Waals surface area contributed by atoms with Crippen molar-refractivity contribution in [2.45, 2.75) is 0 Å². The van der Waals surface area contributed by atoms with Gasteiger partial charge in [-0.15, -0.1) is 10.2 Å². The molecule has 0 bridgehead atoms. The monoisotopic (exact) mass is 257 g/mol. The molecule has 0 fully saturated rings. The van der Waals surface area contributed by atoms with Gasteiger partial charge in [0.05, 0.1) is 5.69 Å². The van der Waals surface area contributed by atoms with Crippen LogP contribution in [0.1, 0.15) is 0 Å². The van der Waals surface area contributed by atoms with E-state index in [0.29, 0.717) is 0 Å². The highest BCUT2D eigenvalue weighted by Crippen LogP contribution is 2.20. The Kier molecular flexibility index (Phi) is 3.85. The van der Waals surface area contributed by atoms with Crippen LogP contribution in [-0.2, 0) is 0 Å². The van der Waals surface area contributed by atoms with Crippen LogP contribution in [-0.4, -0.2) is 38.0 Å². The summed E-state index contributed by atoms with van der Waals surface area (Å²) >= 11 is 0. The second kappa shape index (κ2) is 5.56. The van der Waals surface area contributed by atoms with Crippen LogP contribution in [0.3, 0.4) is 0 Å². The van der Waals surface area contributed by atoms with E-state index < -0.39 is 0 Å². The van der Waals surface area contributed by atoms with Gasteiger partial charge in [0.15, 0.2) is 5.82 Å². The Morgan fingerprint density at radius 2 is 1.63 bits per heavy atom. The zero-order valence-corrected chi connectivity index (χ0v) is 11.8. The minimum atomic E-state index is 0.807. The molecule has 100 valence electrons. The quantitative estimate of drug-likeness (QED) is 0.781. The summed E-state index contributed by atoms with van der Waals surface area (Å²) in [5.74, 6) is 0.807. The third kappa shape index (κ3) is 3.34. The van der Waals surface area contributed by atoms with E-state index in [4.69, 9.17) is 0 Å². The summed E-state index contributed by atoms with van der Waals surface area (Å²) in [6.45, 7) is 0. The predicted molar refractivity (Wildman–Crippen MR) is 78.0 cm³/mol. The molecular weight excluding hydrogens is 238 g/mol. The molecule has 0 atom stereocenters. The van der Waals surface area contributed by atoms with Crippen LogP contribution in [0.5, 0.6) is 0 Å². The Hall–Kier alpha value is -2.30. The van der Waals surface area contributed by atoms with E-state index in [-0.39, 0.29) is 0 Å². The van der Waals surface area contributed by atoms with Crippen LogP contribution in [0.4, 0.5) is 11.4 Å². The molecule has 1 aliphatic rings. The summed E-state index contributed by atoms with van der Waals surface area (Å²) in [6.07, 6.45) is 5.84. The SMILES string of the molecule is CN1C=CN(C)C(N=Nc2ccc(N(C)C)cc2)=C1. The van der Waals surface area contributed by atoms with Gasteiger partial charge < -0.3 is 14.7 Å². The van der Waals surface area contributed by atoms with E-state index >= 15 is 0 Å². The first-order valence-electron chi connectivity index (χ1n) is 6.10. The van der Waals surface area contributed by atoms with Crippen molar-refractivity contribution < 1.29 is 0 Å². The number of azo groups is 1. The maximum Gasteiger partial charge on any atom is 0.171 e. The average Bonchev–Trinajstić information content (AvgIpc) is 2.40. The van der Waals surface area contributed by atoms with Crippen LogP contribution < -0.4 is 4.90 Å². The van der Waals surface area contributed by atoms with Gasteiger partial charge >= 0.3 is 0 Å². The fourth-order valence-corrected chi connectivity index (χ4v) is 1.62. The number of anilines is 1. The molecule has 0 amide bonds. The second-order valence-electron chi connectivity index (χ2n) is 4.67. The molecule has 0 N–H and O–H groups in total. The first-order valence-corrected chi connectivity index (χ1v) is 6.10. The summed E-state index contributed by atoms with van der Waals surface area (Å²) in [6, 6.07) is 7.97. The van der Waals surface area contributed by atoms with Gasteiger partial charge in [-0.3, -0.25) is 0 Å². The van der Waals surface area contributed by atoms with Gasteiger partial charge in [0, 0.05) is 52.5 Å². The van der Waals surface area contributed by atoms with Crippen molar-refractivity contribution >= 4 is 11.4 Å². The number of rotatable bonds is 3. The maximum absolute atomic E-state index is 4.26. The van der Waals surface area contributed by atoms with Gasteiger partial charge in [0.2, 0.25) is 0 Å². The molecule has 0 saturated heterocycles. The minimum absolute atomic E-state index is 0.807. The third-order valence-corrected chi connectivity index (χ3v) is 2.84. The highest BCUT2D eigenvalue weighted by molar-refractivity contribution is 5.51. The summed E-state index contributed by atoms with van der Waals surface area (Å²) in [5.41, 5.74) is 1.99. The molecular formula is C14H19N5. The van der Waals surface area contributed by atoms with Crippen molar-refractivity contribution in [1.29, 1.82) is 0 Å². The van der Waals surface area contributed by atoms with Crippen molar-refractivity contribution in [1.82, 2.24) is 9.80 Å². The molecule has 0 spiro atoms. The van der Waals surface area contributed by atoms with Crippen LogP contribution in [0.25, 0.3) is 0 Å². The maximum atomic E-state index is 4.26. The number of hydrogen-bond acceptors (Lipinski definition) is 5.